The maximum Gasteiger partial charge on any atom is 0.240 e. The number of nitrogens with zero attached hydrogens (tertiary/aromatic N) is 1. The number of methoxy groups -OCH3 is 1. The van der Waals surface area contributed by atoms with E-state index in [2.05, 4.69) is 11.1 Å². The SMILES string of the molecule is COc1[c]cc(N=C=O)cc1. The minimum atomic E-state index is 0.529. The summed E-state index contributed by atoms with van der Waals surface area (Å²) in [5.74, 6) is 0.620. The van der Waals surface area contributed by atoms with Gasteiger partial charge in [0.1, 0.15) is 5.75 Å². The summed E-state index contributed by atoms with van der Waals surface area (Å²) in [5.41, 5.74) is 0.529. The van der Waals surface area contributed by atoms with Gasteiger partial charge in [-0.3, -0.25) is 0 Å². The van der Waals surface area contributed by atoms with Crippen molar-refractivity contribution >= 4 is 11.8 Å². The molecular weight excluding hydrogens is 142 g/mol. The molecule has 0 saturated heterocycles. The van der Waals surface area contributed by atoms with Crippen LogP contribution in [0.1, 0.15) is 0 Å². The van der Waals surface area contributed by atoms with Crippen LogP contribution in [0.15, 0.2) is 23.2 Å². The predicted octanol–water partition coefficient (Wildman–Crippen LogP) is 1.46. The smallest absolute Gasteiger partial charge is 0.240 e. The van der Waals surface area contributed by atoms with Crippen molar-refractivity contribution in [3.05, 3.63) is 24.3 Å². The molecule has 3 nitrogen and oxygen atoms in total. The highest BCUT2D eigenvalue weighted by atomic mass is 16.5. The highest BCUT2D eigenvalue weighted by Crippen LogP contribution is 2.15. The third-order valence-corrected chi connectivity index (χ3v) is 1.16. The molecule has 0 aliphatic rings. The monoisotopic (exact) mass is 148 g/mol. The van der Waals surface area contributed by atoms with Crippen LogP contribution < -0.4 is 4.74 Å². The van der Waals surface area contributed by atoms with E-state index in [0.29, 0.717) is 11.4 Å². The fourth-order valence-corrected chi connectivity index (χ4v) is 0.652. The van der Waals surface area contributed by atoms with Crippen molar-refractivity contribution < 1.29 is 9.53 Å². The highest BCUT2D eigenvalue weighted by molar-refractivity contribution is 5.49. The van der Waals surface area contributed by atoms with Crippen molar-refractivity contribution in [2.75, 3.05) is 7.11 Å². The van der Waals surface area contributed by atoms with Gasteiger partial charge in [0.2, 0.25) is 6.08 Å². The first kappa shape index (κ1) is 7.51. The lowest BCUT2D eigenvalue weighted by Crippen LogP contribution is -1.80. The summed E-state index contributed by atoms with van der Waals surface area (Å²) in [6, 6.07) is 7.67. The number of carbonyl (C=O) groups excluding carboxylic acids is 1. The van der Waals surface area contributed by atoms with Crippen LogP contribution in [0.5, 0.6) is 5.75 Å². The Balaban J connectivity index is 2.91. The first-order valence-corrected chi connectivity index (χ1v) is 3.00. The second-order valence-corrected chi connectivity index (χ2v) is 1.82. The summed E-state index contributed by atoms with van der Waals surface area (Å²) in [4.78, 5) is 13.2. The quantitative estimate of drug-likeness (QED) is 0.470. The second kappa shape index (κ2) is 3.54. The average Bonchev–Trinajstić information content (AvgIpc) is 2.07. The van der Waals surface area contributed by atoms with E-state index in [4.69, 9.17) is 4.74 Å². The first-order chi connectivity index (χ1) is 5.36. The molecule has 0 bridgehead atoms. The molecule has 0 aromatic heterocycles. The topological polar surface area (TPSA) is 38.7 Å². The molecule has 0 atom stereocenters. The Bertz CT molecular complexity index is 273. The van der Waals surface area contributed by atoms with Crippen molar-refractivity contribution in [2.45, 2.75) is 0 Å². The Morgan fingerprint density at radius 2 is 2.45 bits per heavy atom. The van der Waals surface area contributed by atoms with E-state index in [9.17, 15) is 4.79 Å². The van der Waals surface area contributed by atoms with E-state index < -0.39 is 0 Å². The van der Waals surface area contributed by atoms with Crippen LogP contribution >= 0.6 is 0 Å². The molecule has 3 heteroatoms. The van der Waals surface area contributed by atoms with E-state index in [1.807, 2.05) is 0 Å². The number of hydrogen-bond acceptors (Lipinski definition) is 3. The Morgan fingerprint density at radius 1 is 1.64 bits per heavy atom. The summed E-state index contributed by atoms with van der Waals surface area (Å²) in [5, 5.41) is 0. The van der Waals surface area contributed by atoms with Crippen LogP contribution in [-0.4, -0.2) is 13.2 Å². The van der Waals surface area contributed by atoms with Gasteiger partial charge in [0, 0.05) is 6.07 Å². The first-order valence-electron chi connectivity index (χ1n) is 3.00. The molecule has 0 spiro atoms. The van der Waals surface area contributed by atoms with Crippen LogP contribution in [0.3, 0.4) is 0 Å². The van der Waals surface area contributed by atoms with Crippen molar-refractivity contribution in [2.24, 2.45) is 4.99 Å². The molecule has 1 rings (SSSR count). The standard InChI is InChI=1S/C8H6NO2/c1-11-8-4-2-7(3-5-8)9-6-10/h2-4H,1H3. The van der Waals surface area contributed by atoms with Crippen molar-refractivity contribution in [3.63, 3.8) is 0 Å². The number of hydrogen-bond donors (Lipinski definition) is 0. The third kappa shape index (κ3) is 1.92. The number of aliphatic imine (C=N–C) groups is 1. The Morgan fingerprint density at radius 3 is 2.91 bits per heavy atom. The molecule has 0 fully saturated rings. The van der Waals surface area contributed by atoms with Gasteiger partial charge in [-0.2, -0.15) is 4.99 Å². The lowest BCUT2D eigenvalue weighted by Gasteiger charge is -1.96. The van der Waals surface area contributed by atoms with Gasteiger partial charge < -0.3 is 4.74 Å². The summed E-state index contributed by atoms with van der Waals surface area (Å²) in [7, 11) is 1.55. The highest BCUT2D eigenvalue weighted by Gasteiger charge is 1.90. The second-order valence-electron chi connectivity index (χ2n) is 1.82. The molecule has 0 heterocycles. The number of isocyanates is 1. The summed E-state index contributed by atoms with van der Waals surface area (Å²) in [6.45, 7) is 0. The molecule has 11 heavy (non-hydrogen) atoms. The predicted molar refractivity (Wildman–Crippen MR) is 39.6 cm³/mol. The largest absolute Gasteiger partial charge is 0.496 e. The lowest BCUT2D eigenvalue weighted by atomic mass is 10.3. The molecule has 1 aromatic rings. The molecule has 0 aliphatic heterocycles. The summed E-state index contributed by atoms with van der Waals surface area (Å²) < 4.78 is 4.85. The molecular formula is C8H6NO2. The molecule has 1 aromatic carbocycles. The maximum absolute atomic E-state index is 9.79. The van der Waals surface area contributed by atoms with Crippen LogP contribution in [0.4, 0.5) is 5.69 Å². The summed E-state index contributed by atoms with van der Waals surface area (Å²) >= 11 is 0. The minimum absolute atomic E-state index is 0.529. The molecule has 0 saturated carbocycles. The van der Waals surface area contributed by atoms with Gasteiger partial charge in [0.05, 0.1) is 12.8 Å². The van der Waals surface area contributed by atoms with Crippen molar-refractivity contribution in [1.82, 2.24) is 0 Å². The van der Waals surface area contributed by atoms with Crippen molar-refractivity contribution in [1.29, 1.82) is 0 Å². The van der Waals surface area contributed by atoms with Crippen LogP contribution in [0, 0.1) is 6.07 Å². The van der Waals surface area contributed by atoms with Gasteiger partial charge in [0.15, 0.2) is 0 Å². The van der Waals surface area contributed by atoms with Gasteiger partial charge in [-0.25, -0.2) is 4.79 Å². The van der Waals surface area contributed by atoms with Gasteiger partial charge in [-0.1, -0.05) is 0 Å². The van der Waals surface area contributed by atoms with Gasteiger partial charge in [0.25, 0.3) is 0 Å². The Kier molecular flexibility index (Phi) is 2.42. The van der Waals surface area contributed by atoms with Crippen LogP contribution in [0.25, 0.3) is 0 Å². The number of benzene rings is 1. The third-order valence-electron chi connectivity index (χ3n) is 1.16. The number of ether oxygens (including phenoxy) is 1. The fraction of sp³-hybridized carbons (Fsp3) is 0.125. The van der Waals surface area contributed by atoms with E-state index in [-0.39, 0.29) is 0 Å². The zero-order valence-corrected chi connectivity index (χ0v) is 6.00. The number of rotatable bonds is 2. The average molecular weight is 148 g/mol. The van der Waals surface area contributed by atoms with Crippen molar-refractivity contribution in [3.8, 4) is 5.75 Å². The molecule has 0 amide bonds. The maximum atomic E-state index is 9.79. The van der Waals surface area contributed by atoms with E-state index in [1.54, 1.807) is 25.3 Å². The van der Waals surface area contributed by atoms with Gasteiger partial charge >= 0.3 is 0 Å². The Hall–Kier alpha value is -1.60. The molecule has 0 aliphatic carbocycles. The molecule has 0 N–H and O–H groups in total. The zero-order valence-electron chi connectivity index (χ0n) is 6.00. The molecule has 1 radical (unpaired) electrons. The zero-order chi connectivity index (χ0) is 8.10. The van der Waals surface area contributed by atoms with Gasteiger partial charge in [-0.15, -0.1) is 0 Å². The van der Waals surface area contributed by atoms with Crippen LogP contribution in [0.2, 0.25) is 0 Å². The van der Waals surface area contributed by atoms with Crippen LogP contribution in [-0.2, 0) is 4.79 Å². The summed E-state index contributed by atoms with van der Waals surface area (Å²) in [6.07, 6.45) is 1.44. The molecule has 0 unspecified atom stereocenters. The van der Waals surface area contributed by atoms with E-state index in [0.717, 1.165) is 0 Å². The lowest BCUT2D eigenvalue weighted by molar-refractivity contribution is 0.414. The Labute approximate surface area is 64.3 Å². The fourth-order valence-electron chi connectivity index (χ4n) is 0.652. The normalized spacial score (nSPS) is 8.45. The molecule has 55 valence electrons. The van der Waals surface area contributed by atoms with E-state index >= 15 is 0 Å². The minimum Gasteiger partial charge on any atom is -0.496 e. The van der Waals surface area contributed by atoms with Gasteiger partial charge in [-0.05, 0) is 18.2 Å². The van der Waals surface area contributed by atoms with E-state index in [1.165, 1.54) is 6.08 Å².